The maximum absolute atomic E-state index is 12.4. The molecule has 2 rings (SSSR count). The molecule has 1 aliphatic carbocycles. The molecule has 110 valence electrons. The lowest BCUT2D eigenvalue weighted by molar-refractivity contribution is -0.159. The first-order valence-electron chi connectivity index (χ1n) is 7.76. The summed E-state index contributed by atoms with van der Waals surface area (Å²) < 4.78 is 11.1. The van der Waals surface area contributed by atoms with Crippen LogP contribution in [-0.4, -0.2) is 36.9 Å². The molecule has 1 saturated heterocycles. The predicted octanol–water partition coefficient (Wildman–Crippen LogP) is 2.41. The highest BCUT2D eigenvalue weighted by molar-refractivity contribution is 5.81. The van der Waals surface area contributed by atoms with Crippen molar-refractivity contribution in [2.75, 3.05) is 13.2 Å². The van der Waals surface area contributed by atoms with Crippen molar-refractivity contribution in [1.82, 2.24) is 5.32 Å². The van der Waals surface area contributed by atoms with Gasteiger partial charge < -0.3 is 9.47 Å². The quantitative estimate of drug-likeness (QED) is 0.779. The molecule has 0 aromatic carbocycles. The lowest BCUT2D eigenvalue weighted by Gasteiger charge is -2.41. The van der Waals surface area contributed by atoms with Crippen molar-refractivity contribution in [3.63, 3.8) is 0 Å². The van der Waals surface area contributed by atoms with E-state index < -0.39 is 5.54 Å². The van der Waals surface area contributed by atoms with Gasteiger partial charge in [-0.15, -0.1) is 0 Å². The Hall–Kier alpha value is -0.610. The van der Waals surface area contributed by atoms with Crippen molar-refractivity contribution >= 4 is 5.97 Å². The maximum atomic E-state index is 12.4. The summed E-state index contributed by atoms with van der Waals surface area (Å²) in [6.45, 7) is 5.08. The van der Waals surface area contributed by atoms with Gasteiger partial charge in [-0.2, -0.15) is 0 Å². The van der Waals surface area contributed by atoms with E-state index >= 15 is 0 Å². The van der Waals surface area contributed by atoms with Gasteiger partial charge in [-0.3, -0.25) is 10.1 Å². The van der Waals surface area contributed by atoms with Crippen LogP contribution in [0, 0.1) is 0 Å². The number of carbonyl (C=O) groups is 1. The topological polar surface area (TPSA) is 47.6 Å². The Morgan fingerprint density at radius 3 is 2.74 bits per heavy atom. The highest BCUT2D eigenvalue weighted by atomic mass is 16.5. The van der Waals surface area contributed by atoms with E-state index in [9.17, 15) is 4.79 Å². The van der Waals surface area contributed by atoms with E-state index in [4.69, 9.17) is 9.47 Å². The van der Waals surface area contributed by atoms with Crippen LogP contribution in [0.4, 0.5) is 0 Å². The van der Waals surface area contributed by atoms with Crippen molar-refractivity contribution in [2.24, 2.45) is 0 Å². The Morgan fingerprint density at radius 1 is 1.37 bits per heavy atom. The zero-order chi connectivity index (χ0) is 13.7. The van der Waals surface area contributed by atoms with E-state index in [1.165, 1.54) is 25.7 Å². The summed E-state index contributed by atoms with van der Waals surface area (Å²) in [5.41, 5.74) is -0.510. The molecule has 2 unspecified atom stereocenters. The fraction of sp³-hybridized carbons (Fsp3) is 0.933. The van der Waals surface area contributed by atoms with Crippen LogP contribution < -0.4 is 5.32 Å². The average molecular weight is 269 g/mol. The third-order valence-electron chi connectivity index (χ3n) is 4.42. The molecule has 2 fully saturated rings. The van der Waals surface area contributed by atoms with Gasteiger partial charge in [0.15, 0.2) is 0 Å². The second-order valence-corrected chi connectivity index (χ2v) is 5.78. The predicted molar refractivity (Wildman–Crippen MR) is 74.0 cm³/mol. The fourth-order valence-corrected chi connectivity index (χ4v) is 3.32. The molecule has 0 aromatic rings. The van der Waals surface area contributed by atoms with E-state index in [0.717, 1.165) is 19.3 Å². The number of esters is 1. The number of ether oxygens (including phenoxy) is 2. The summed E-state index contributed by atoms with van der Waals surface area (Å²) >= 11 is 0. The summed E-state index contributed by atoms with van der Waals surface area (Å²) in [5, 5.41) is 3.63. The van der Waals surface area contributed by atoms with Gasteiger partial charge in [-0.25, -0.2) is 0 Å². The highest BCUT2D eigenvalue weighted by Crippen LogP contribution is 2.31. The van der Waals surface area contributed by atoms with Crippen LogP contribution in [0.1, 0.15) is 58.8 Å². The molecule has 0 amide bonds. The van der Waals surface area contributed by atoms with Crippen molar-refractivity contribution < 1.29 is 14.3 Å². The zero-order valence-corrected chi connectivity index (χ0v) is 12.2. The largest absolute Gasteiger partial charge is 0.465 e. The minimum absolute atomic E-state index is 0.0800. The third-order valence-corrected chi connectivity index (χ3v) is 4.42. The van der Waals surface area contributed by atoms with Gasteiger partial charge in [-0.05, 0) is 32.6 Å². The molecule has 0 spiro atoms. The normalized spacial score (nSPS) is 32.4. The minimum atomic E-state index is -0.510. The number of carbonyl (C=O) groups excluding carboxylic acids is 1. The molecule has 0 bridgehead atoms. The molecule has 1 heterocycles. The Bertz CT molecular complexity index is 302. The van der Waals surface area contributed by atoms with Crippen LogP contribution in [0.2, 0.25) is 0 Å². The lowest BCUT2D eigenvalue weighted by Crippen LogP contribution is -2.60. The molecule has 1 N–H and O–H groups in total. The van der Waals surface area contributed by atoms with Crippen molar-refractivity contribution in [3.05, 3.63) is 0 Å². The van der Waals surface area contributed by atoms with Crippen molar-refractivity contribution in [1.29, 1.82) is 0 Å². The van der Waals surface area contributed by atoms with Gasteiger partial charge >= 0.3 is 5.97 Å². The van der Waals surface area contributed by atoms with E-state index in [0.29, 0.717) is 19.3 Å². The van der Waals surface area contributed by atoms with E-state index in [1.807, 2.05) is 6.92 Å². The Kier molecular flexibility index (Phi) is 5.22. The van der Waals surface area contributed by atoms with E-state index in [-0.39, 0.29) is 12.1 Å². The molecule has 2 atom stereocenters. The first-order valence-corrected chi connectivity index (χ1v) is 7.76. The SMILES string of the molecule is CCOC(=O)C1(NC2CCCC2)CCOC(CC)C1. The second-order valence-electron chi connectivity index (χ2n) is 5.78. The number of hydrogen-bond donors (Lipinski definition) is 1. The molecular weight excluding hydrogens is 242 g/mol. The monoisotopic (exact) mass is 269 g/mol. The average Bonchev–Trinajstić information content (AvgIpc) is 2.92. The summed E-state index contributed by atoms with van der Waals surface area (Å²) in [7, 11) is 0. The van der Waals surface area contributed by atoms with Crippen molar-refractivity contribution in [3.8, 4) is 0 Å². The van der Waals surface area contributed by atoms with E-state index in [1.54, 1.807) is 0 Å². The van der Waals surface area contributed by atoms with Gasteiger partial charge in [0.1, 0.15) is 5.54 Å². The van der Waals surface area contributed by atoms with Gasteiger partial charge in [0.2, 0.25) is 0 Å². The van der Waals surface area contributed by atoms with Gasteiger partial charge in [-0.1, -0.05) is 19.8 Å². The fourth-order valence-electron chi connectivity index (χ4n) is 3.32. The maximum Gasteiger partial charge on any atom is 0.326 e. The molecule has 0 aromatic heterocycles. The van der Waals surface area contributed by atoms with Crippen LogP contribution in [0.3, 0.4) is 0 Å². The number of hydrogen-bond acceptors (Lipinski definition) is 4. The zero-order valence-electron chi connectivity index (χ0n) is 12.2. The standard InChI is InChI=1S/C15H27NO3/c1-3-13-11-15(9-10-19-13,14(17)18-4-2)16-12-7-5-6-8-12/h12-13,16H,3-11H2,1-2H3. The van der Waals surface area contributed by atoms with Gasteiger partial charge in [0.05, 0.1) is 12.7 Å². The third kappa shape index (κ3) is 3.48. The van der Waals surface area contributed by atoms with Crippen LogP contribution >= 0.6 is 0 Å². The van der Waals surface area contributed by atoms with Crippen LogP contribution in [-0.2, 0) is 14.3 Å². The summed E-state index contributed by atoms with van der Waals surface area (Å²) in [6, 6.07) is 0.472. The van der Waals surface area contributed by atoms with Crippen molar-refractivity contribution in [2.45, 2.75) is 76.5 Å². The molecule has 2 aliphatic rings. The lowest BCUT2D eigenvalue weighted by atomic mass is 9.84. The minimum Gasteiger partial charge on any atom is -0.465 e. The van der Waals surface area contributed by atoms with E-state index in [2.05, 4.69) is 12.2 Å². The molecule has 0 radical (unpaired) electrons. The van der Waals surface area contributed by atoms with Gasteiger partial charge in [0.25, 0.3) is 0 Å². The Morgan fingerprint density at radius 2 is 2.11 bits per heavy atom. The van der Waals surface area contributed by atoms with Crippen LogP contribution in [0.25, 0.3) is 0 Å². The molecular formula is C15H27NO3. The summed E-state index contributed by atoms with van der Waals surface area (Å²) in [6.07, 6.45) is 7.50. The molecule has 1 saturated carbocycles. The molecule has 1 aliphatic heterocycles. The van der Waals surface area contributed by atoms with Crippen LogP contribution in [0.15, 0.2) is 0 Å². The first-order chi connectivity index (χ1) is 9.20. The summed E-state index contributed by atoms with van der Waals surface area (Å²) in [4.78, 5) is 12.4. The second kappa shape index (κ2) is 6.71. The Balaban J connectivity index is 2.08. The first kappa shape index (κ1) is 14.8. The number of nitrogens with one attached hydrogen (secondary N) is 1. The van der Waals surface area contributed by atoms with Crippen LogP contribution in [0.5, 0.6) is 0 Å². The molecule has 4 heteroatoms. The Labute approximate surface area is 116 Å². The molecule has 19 heavy (non-hydrogen) atoms. The smallest absolute Gasteiger partial charge is 0.326 e. The molecule has 4 nitrogen and oxygen atoms in total. The highest BCUT2D eigenvalue weighted by Gasteiger charge is 2.45. The summed E-state index contributed by atoms with van der Waals surface area (Å²) in [5.74, 6) is -0.0800. The number of rotatable bonds is 5. The van der Waals surface area contributed by atoms with Gasteiger partial charge in [0, 0.05) is 19.1 Å².